The van der Waals surface area contributed by atoms with Crippen molar-refractivity contribution in [2.24, 2.45) is 0 Å². The molecule has 3 aromatic carbocycles. The first-order chi connectivity index (χ1) is 11.7. The van der Waals surface area contributed by atoms with Crippen LogP contribution in [0.5, 0.6) is 0 Å². The maximum absolute atomic E-state index is 3.98. The zero-order chi connectivity index (χ0) is 16.8. The summed E-state index contributed by atoms with van der Waals surface area (Å²) in [5, 5.41) is 0. The van der Waals surface area contributed by atoms with Crippen molar-refractivity contribution in [2.75, 3.05) is 0 Å². The van der Waals surface area contributed by atoms with Crippen LogP contribution in [0.15, 0.2) is 103 Å². The Morgan fingerprint density at radius 1 is 0.667 bits per heavy atom. The second-order valence-electron chi connectivity index (χ2n) is 6.15. The summed E-state index contributed by atoms with van der Waals surface area (Å²) >= 11 is 0. The van der Waals surface area contributed by atoms with Gasteiger partial charge in [-0.3, -0.25) is 5.82 Å². The lowest BCUT2D eigenvalue weighted by Gasteiger charge is -2.38. The number of hydrogen-bond donors (Lipinski definition) is 0. The summed E-state index contributed by atoms with van der Waals surface area (Å²) in [5.41, 5.74) is 4.56. The summed E-state index contributed by atoms with van der Waals surface area (Å²) in [4.78, 5) is 0. The van der Waals surface area contributed by atoms with E-state index in [1.165, 1.54) is 16.4 Å². The van der Waals surface area contributed by atoms with Crippen LogP contribution in [0, 0.1) is 11.7 Å². The standard InChI is InChI=1S/C23H20B/c1-20(2)18-19-24(21-12-6-3-7-13-21,22-14-8-4-9-15-22)23-16-10-5-11-17-23/h3-17H,1H2,2H3/q-1. The molecule has 0 unspecified atom stereocenters. The van der Waals surface area contributed by atoms with Gasteiger partial charge in [0.25, 0.3) is 0 Å². The molecule has 3 aromatic rings. The molecule has 1 heteroatoms. The molecule has 0 aliphatic heterocycles. The number of allylic oxidation sites excluding steroid dienone is 1. The van der Waals surface area contributed by atoms with Crippen LogP contribution in [0.1, 0.15) is 6.92 Å². The van der Waals surface area contributed by atoms with Gasteiger partial charge in [0.1, 0.15) is 6.15 Å². The summed E-state index contributed by atoms with van der Waals surface area (Å²) in [5.74, 6) is 6.86. The predicted octanol–water partition coefficient (Wildman–Crippen LogP) is 3.28. The third kappa shape index (κ3) is 3.05. The Morgan fingerprint density at radius 2 is 1.00 bits per heavy atom. The Balaban J connectivity index is 2.38. The average Bonchev–Trinajstić information content (AvgIpc) is 2.65. The first-order valence-electron chi connectivity index (χ1n) is 8.24. The zero-order valence-corrected chi connectivity index (χ0v) is 13.9. The van der Waals surface area contributed by atoms with Crippen LogP contribution in [0.2, 0.25) is 0 Å². The molecule has 0 spiro atoms. The lowest BCUT2D eigenvalue weighted by atomic mass is 9.16. The predicted molar refractivity (Wildman–Crippen MR) is 107 cm³/mol. The molecule has 0 radical (unpaired) electrons. The van der Waals surface area contributed by atoms with E-state index in [1.807, 2.05) is 25.1 Å². The highest BCUT2D eigenvalue weighted by Gasteiger charge is 2.27. The van der Waals surface area contributed by atoms with Crippen molar-refractivity contribution < 1.29 is 0 Å². The molecule has 0 aliphatic rings. The maximum Gasteiger partial charge on any atom is 0.149 e. The normalized spacial score (nSPS) is 10.5. The van der Waals surface area contributed by atoms with Gasteiger partial charge in [-0.25, -0.2) is 0 Å². The minimum Gasteiger partial charge on any atom is -0.292 e. The molecule has 0 aromatic heterocycles. The zero-order valence-electron chi connectivity index (χ0n) is 13.9. The number of benzene rings is 3. The summed E-state index contributed by atoms with van der Waals surface area (Å²) in [6, 6.07) is 31.7. The van der Waals surface area contributed by atoms with Gasteiger partial charge >= 0.3 is 0 Å². The smallest absolute Gasteiger partial charge is 0.149 e. The van der Waals surface area contributed by atoms with E-state index >= 15 is 0 Å². The van der Waals surface area contributed by atoms with Gasteiger partial charge in [0, 0.05) is 0 Å². The maximum atomic E-state index is 3.98. The van der Waals surface area contributed by atoms with Crippen LogP contribution < -0.4 is 16.4 Å². The Morgan fingerprint density at radius 3 is 1.29 bits per heavy atom. The quantitative estimate of drug-likeness (QED) is 0.514. The second kappa shape index (κ2) is 7.07. The molecule has 0 aliphatic carbocycles. The van der Waals surface area contributed by atoms with Crippen molar-refractivity contribution in [2.45, 2.75) is 6.92 Å². The number of hydrogen-bond acceptors (Lipinski definition) is 0. The second-order valence-corrected chi connectivity index (χ2v) is 6.15. The van der Waals surface area contributed by atoms with Gasteiger partial charge in [0.2, 0.25) is 0 Å². The van der Waals surface area contributed by atoms with Crippen molar-refractivity contribution in [1.29, 1.82) is 0 Å². The van der Waals surface area contributed by atoms with E-state index in [-0.39, 0.29) is 0 Å². The fourth-order valence-electron chi connectivity index (χ4n) is 3.28. The highest BCUT2D eigenvalue weighted by Crippen LogP contribution is 2.07. The SMILES string of the molecule is C=C(C)C#C[B-](c1ccccc1)(c1ccccc1)c1ccccc1. The van der Waals surface area contributed by atoms with E-state index in [2.05, 4.69) is 91.1 Å². The summed E-state index contributed by atoms with van der Waals surface area (Å²) in [7, 11) is 0. The third-order valence-corrected chi connectivity index (χ3v) is 4.40. The molecule has 0 saturated heterocycles. The summed E-state index contributed by atoms with van der Waals surface area (Å²) in [6.07, 6.45) is -1.37. The molecule has 0 amide bonds. The fourth-order valence-corrected chi connectivity index (χ4v) is 3.28. The van der Waals surface area contributed by atoms with Crippen LogP contribution in [-0.2, 0) is 0 Å². The van der Waals surface area contributed by atoms with E-state index in [0.717, 1.165) is 5.57 Å². The lowest BCUT2D eigenvalue weighted by molar-refractivity contribution is 1.62. The van der Waals surface area contributed by atoms with Crippen molar-refractivity contribution in [3.05, 3.63) is 103 Å². The van der Waals surface area contributed by atoms with Crippen LogP contribution >= 0.6 is 0 Å². The van der Waals surface area contributed by atoms with Gasteiger partial charge in [-0.2, -0.15) is 16.4 Å². The van der Waals surface area contributed by atoms with Gasteiger partial charge < -0.3 is 0 Å². The molecule has 0 nitrogen and oxygen atoms in total. The topological polar surface area (TPSA) is 0 Å². The molecule has 0 atom stereocenters. The van der Waals surface area contributed by atoms with Gasteiger partial charge in [-0.05, 0) is 12.5 Å². The third-order valence-electron chi connectivity index (χ3n) is 4.40. The Bertz CT molecular complexity index is 772. The van der Waals surface area contributed by atoms with Crippen molar-refractivity contribution in [1.82, 2.24) is 0 Å². The fraction of sp³-hybridized carbons (Fsp3) is 0.0435. The Labute approximate surface area is 144 Å². The average molecular weight is 307 g/mol. The van der Waals surface area contributed by atoms with E-state index in [1.54, 1.807) is 0 Å². The first kappa shape index (κ1) is 15.9. The molecule has 116 valence electrons. The van der Waals surface area contributed by atoms with E-state index in [4.69, 9.17) is 0 Å². The van der Waals surface area contributed by atoms with Crippen molar-refractivity contribution in [3.8, 4) is 11.7 Å². The van der Waals surface area contributed by atoms with Gasteiger partial charge in [-0.15, -0.1) is 5.92 Å². The minimum absolute atomic E-state index is 0.879. The van der Waals surface area contributed by atoms with Crippen LogP contribution in [-0.4, -0.2) is 6.15 Å². The van der Waals surface area contributed by atoms with Gasteiger partial charge in [0.05, 0.1) is 0 Å². The molecular formula is C23H20B-. The van der Waals surface area contributed by atoms with E-state index < -0.39 is 6.15 Å². The number of rotatable bonds is 3. The molecule has 0 fully saturated rings. The van der Waals surface area contributed by atoms with Gasteiger partial charge in [-0.1, -0.05) is 97.6 Å². The molecular weight excluding hydrogens is 287 g/mol. The lowest BCUT2D eigenvalue weighted by Crippen LogP contribution is -2.66. The summed E-state index contributed by atoms with van der Waals surface area (Å²) in [6.45, 7) is 5.93. The van der Waals surface area contributed by atoms with E-state index in [9.17, 15) is 0 Å². The molecule has 0 N–H and O–H groups in total. The molecule has 24 heavy (non-hydrogen) atoms. The van der Waals surface area contributed by atoms with E-state index in [0.29, 0.717) is 0 Å². The van der Waals surface area contributed by atoms with Crippen LogP contribution in [0.3, 0.4) is 0 Å². The highest BCUT2D eigenvalue weighted by molar-refractivity contribution is 7.16. The minimum atomic E-state index is -1.37. The Hall–Kier alpha value is -2.98. The first-order valence-corrected chi connectivity index (χ1v) is 8.24. The molecule has 0 heterocycles. The Kier molecular flexibility index (Phi) is 4.68. The summed E-state index contributed by atoms with van der Waals surface area (Å²) < 4.78 is 0. The molecule has 0 saturated carbocycles. The van der Waals surface area contributed by atoms with Gasteiger partial charge in [0.15, 0.2) is 0 Å². The van der Waals surface area contributed by atoms with Crippen molar-refractivity contribution in [3.63, 3.8) is 0 Å². The van der Waals surface area contributed by atoms with Crippen LogP contribution in [0.4, 0.5) is 0 Å². The monoisotopic (exact) mass is 307 g/mol. The molecule has 0 bridgehead atoms. The highest BCUT2D eigenvalue weighted by atomic mass is 14.0. The van der Waals surface area contributed by atoms with Crippen LogP contribution in [0.25, 0.3) is 0 Å². The molecule has 3 rings (SSSR count). The van der Waals surface area contributed by atoms with Crippen molar-refractivity contribution >= 4 is 22.5 Å². The largest absolute Gasteiger partial charge is 0.292 e.